The molecule has 0 saturated carbocycles. The molecule has 1 rings (SSSR count). The van der Waals surface area contributed by atoms with Gasteiger partial charge in [0.15, 0.2) is 0 Å². The van der Waals surface area contributed by atoms with E-state index in [4.69, 9.17) is 5.11 Å². The van der Waals surface area contributed by atoms with E-state index in [1.54, 1.807) is 0 Å². The van der Waals surface area contributed by atoms with Crippen molar-refractivity contribution in [1.29, 1.82) is 0 Å². The van der Waals surface area contributed by atoms with Crippen LogP contribution in [0.25, 0.3) is 0 Å². The molecule has 18 heavy (non-hydrogen) atoms. The summed E-state index contributed by atoms with van der Waals surface area (Å²) in [6, 6.07) is 4.40. The minimum Gasteiger partial charge on any atom is -0.481 e. The summed E-state index contributed by atoms with van der Waals surface area (Å²) in [5.41, 5.74) is -0.903. The van der Waals surface area contributed by atoms with Crippen LogP contribution in [0.4, 0.5) is 18.9 Å². The van der Waals surface area contributed by atoms with Gasteiger partial charge in [0.25, 0.3) is 0 Å². The zero-order valence-corrected chi connectivity index (χ0v) is 9.95. The lowest BCUT2D eigenvalue weighted by Gasteiger charge is -2.21. The maximum atomic E-state index is 12.7. The van der Waals surface area contributed by atoms with Crippen LogP contribution in [0, 0.1) is 5.92 Å². The first-order chi connectivity index (χ1) is 8.23. The number of aliphatic carboxylic acids is 1. The lowest BCUT2D eigenvalue weighted by Crippen LogP contribution is -2.30. The average molecular weight is 261 g/mol. The van der Waals surface area contributed by atoms with Gasteiger partial charge in [-0.1, -0.05) is 12.1 Å². The SMILES string of the molecule is CC(Nc1ccccc1C(F)(F)F)C(C)C(=O)O. The van der Waals surface area contributed by atoms with E-state index in [1.807, 2.05) is 0 Å². The number of carboxylic acid groups (broad SMARTS) is 1. The number of alkyl halides is 3. The Labute approximate surface area is 103 Å². The van der Waals surface area contributed by atoms with Crippen LogP contribution in [0.15, 0.2) is 24.3 Å². The van der Waals surface area contributed by atoms with Crippen LogP contribution >= 0.6 is 0 Å². The average Bonchev–Trinajstić information content (AvgIpc) is 2.27. The Balaban J connectivity index is 2.95. The van der Waals surface area contributed by atoms with E-state index in [-0.39, 0.29) is 5.69 Å². The molecule has 0 spiro atoms. The molecular formula is C12H14F3NO2. The van der Waals surface area contributed by atoms with E-state index in [1.165, 1.54) is 32.0 Å². The van der Waals surface area contributed by atoms with Crippen molar-refractivity contribution in [3.05, 3.63) is 29.8 Å². The minimum atomic E-state index is -4.46. The summed E-state index contributed by atoms with van der Waals surface area (Å²) in [6.07, 6.45) is -4.46. The Bertz CT molecular complexity index is 432. The molecule has 0 bridgehead atoms. The number of rotatable bonds is 4. The van der Waals surface area contributed by atoms with E-state index in [0.29, 0.717) is 0 Å². The van der Waals surface area contributed by atoms with Gasteiger partial charge in [0, 0.05) is 11.7 Å². The van der Waals surface area contributed by atoms with Gasteiger partial charge >= 0.3 is 12.1 Å². The third kappa shape index (κ3) is 3.38. The Morgan fingerprint density at radius 1 is 1.28 bits per heavy atom. The highest BCUT2D eigenvalue weighted by atomic mass is 19.4. The fourth-order valence-corrected chi connectivity index (χ4v) is 1.44. The molecule has 1 aromatic rings. The maximum Gasteiger partial charge on any atom is 0.418 e. The normalized spacial score (nSPS) is 14.9. The molecule has 2 atom stereocenters. The minimum absolute atomic E-state index is 0.106. The van der Waals surface area contributed by atoms with Crippen molar-refractivity contribution >= 4 is 11.7 Å². The first kappa shape index (κ1) is 14.3. The predicted octanol–water partition coefficient (Wildman–Crippen LogP) is 3.23. The molecule has 6 heteroatoms. The second kappa shape index (κ2) is 5.29. The highest BCUT2D eigenvalue weighted by Crippen LogP contribution is 2.35. The number of anilines is 1. The van der Waals surface area contributed by atoms with Gasteiger partial charge in [0.2, 0.25) is 0 Å². The molecule has 0 heterocycles. The summed E-state index contributed by atoms with van der Waals surface area (Å²) in [5, 5.41) is 11.4. The van der Waals surface area contributed by atoms with Crippen LogP contribution < -0.4 is 5.32 Å². The van der Waals surface area contributed by atoms with Gasteiger partial charge in [-0.3, -0.25) is 4.79 Å². The second-order valence-electron chi connectivity index (χ2n) is 4.10. The lowest BCUT2D eigenvalue weighted by atomic mass is 10.0. The number of halogens is 3. The molecule has 2 N–H and O–H groups in total. The fourth-order valence-electron chi connectivity index (χ4n) is 1.44. The van der Waals surface area contributed by atoms with E-state index in [0.717, 1.165) is 6.07 Å². The smallest absolute Gasteiger partial charge is 0.418 e. The third-order valence-corrected chi connectivity index (χ3v) is 2.76. The van der Waals surface area contributed by atoms with E-state index in [9.17, 15) is 18.0 Å². The largest absolute Gasteiger partial charge is 0.481 e. The quantitative estimate of drug-likeness (QED) is 0.874. The van der Waals surface area contributed by atoms with Gasteiger partial charge in [-0.2, -0.15) is 13.2 Å². The van der Waals surface area contributed by atoms with Crippen molar-refractivity contribution in [2.24, 2.45) is 5.92 Å². The van der Waals surface area contributed by atoms with Gasteiger partial charge in [-0.05, 0) is 26.0 Å². The summed E-state index contributed by atoms with van der Waals surface area (Å²) in [4.78, 5) is 10.8. The Morgan fingerprint density at radius 3 is 2.33 bits per heavy atom. The van der Waals surface area contributed by atoms with Gasteiger partial charge < -0.3 is 10.4 Å². The second-order valence-corrected chi connectivity index (χ2v) is 4.10. The molecule has 0 aliphatic rings. The molecule has 0 amide bonds. The van der Waals surface area contributed by atoms with Crippen molar-refractivity contribution in [2.45, 2.75) is 26.1 Å². The van der Waals surface area contributed by atoms with Crippen LogP contribution in [0.3, 0.4) is 0 Å². The van der Waals surface area contributed by atoms with Crippen LogP contribution in [0.5, 0.6) is 0 Å². The molecule has 3 nitrogen and oxygen atoms in total. The van der Waals surface area contributed by atoms with E-state index < -0.39 is 29.7 Å². The van der Waals surface area contributed by atoms with Crippen molar-refractivity contribution in [3.63, 3.8) is 0 Å². The van der Waals surface area contributed by atoms with Crippen molar-refractivity contribution in [1.82, 2.24) is 0 Å². The van der Waals surface area contributed by atoms with Crippen molar-refractivity contribution in [2.75, 3.05) is 5.32 Å². The zero-order valence-electron chi connectivity index (χ0n) is 9.95. The van der Waals surface area contributed by atoms with Crippen LogP contribution in [0.2, 0.25) is 0 Å². The van der Waals surface area contributed by atoms with Crippen molar-refractivity contribution in [3.8, 4) is 0 Å². The van der Waals surface area contributed by atoms with Gasteiger partial charge in [-0.25, -0.2) is 0 Å². The summed E-state index contributed by atoms with van der Waals surface area (Å²) in [7, 11) is 0. The van der Waals surface area contributed by atoms with Crippen LogP contribution in [-0.4, -0.2) is 17.1 Å². The first-order valence-corrected chi connectivity index (χ1v) is 5.39. The van der Waals surface area contributed by atoms with Gasteiger partial charge in [-0.15, -0.1) is 0 Å². The van der Waals surface area contributed by atoms with Crippen LogP contribution in [-0.2, 0) is 11.0 Å². The van der Waals surface area contributed by atoms with E-state index in [2.05, 4.69) is 5.32 Å². The molecule has 100 valence electrons. The molecule has 0 radical (unpaired) electrons. The topological polar surface area (TPSA) is 49.3 Å². The molecular weight excluding hydrogens is 247 g/mol. The molecule has 0 fully saturated rings. The Kier molecular flexibility index (Phi) is 4.21. The van der Waals surface area contributed by atoms with Crippen molar-refractivity contribution < 1.29 is 23.1 Å². The monoisotopic (exact) mass is 261 g/mol. The summed E-state index contributed by atoms with van der Waals surface area (Å²) < 4.78 is 38.1. The predicted molar refractivity (Wildman–Crippen MR) is 61.3 cm³/mol. The highest BCUT2D eigenvalue weighted by molar-refractivity contribution is 5.71. The standard InChI is InChI=1S/C12H14F3NO2/c1-7(11(17)18)8(2)16-10-6-4-3-5-9(10)12(13,14)15/h3-8,16H,1-2H3,(H,17,18). The third-order valence-electron chi connectivity index (χ3n) is 2.76. The molecule has 2 unspecified atom stereocenters. The van der Waals surface area contributed by atoms with Crippen LogP contribution in [0.1, 0.15) is 19.4 Å². The van der Waals surface area contributed by atoms with E-state index >= 15 is 0 Å². The molecule has 0 aliphatic heterocycles. The number of benzene rings is 1. The Morgan fingerprint density at radius 2 is 1.83 bits per heavy atom. The van der Waals surface area contributed by atoms with Gasteiger partial charge in [0.05, 0.1) is 11.5 Å². The Hall–Kier alpha value is -1.72. The molecule has 0 saturated heterocycles. The van der Waals surface area contributed by atoms with Gasteiger partial charge in [0.1, 0.15) is 0 Å². The summed E-state index contributed by atoms with van der Waals surface area (Å²) in [5.74, 6) is -1.84. The fraction of sp³-hybridized carbons (Fsp3) is 0.417. The molecule has 0 aliphatic carbocycles. The number of hydrogen-bond donors (Lipinski definition) is 2. The maximum absolute atomic E-state index is 12.7. The molecule has 1 aromatic carbocycles. The summed E-state index contributed by atoms with van der Waals surface area (Å²) >= 11 is 0. The lowest BCUT2D eigenvalue weighted by molar-refractivity contribution is -0.141. The zero-order chi connectivity index (χ0) is 13.9. The summed E-state index contributed by atoms with van der Waals surface area (Å²) in [6.45, 7) is 2.97. The highest BCUT2D eigenvalue weighted by Gasteiger charge is 2.33. The number of para-hydroxylation sites is 1. The molecule has 0 aromatic heterocycles. The number of carbonyl (C=O) groups is 1. The number of carboxylic acids is 1. The number of nitrogens with one attached hydrogen (secondary N) is 1. The number of hydrogen-bond acceptors (Lipinski definition) is 2. The first-order valence-electron chi connectivity index (χ1n) is 5.39.